The maximum atomic E-state index is 12.5. The second kappa shape index (κ2) is 9.35. The first-order valence-electron chi connectivity index (χ1n) is 10.9. The number of aromatic nitrogens is 2. The van der Waals surface area contributed by atoms with Crippen LogP contribution in [0.1, 0.15) is 41.1 Å². The number of nitrogens with one attached hydrogen (secondary N) is 1. The number of nitrogens with zero attached hydrogens (tertiary/aromatic N) is 3. The predicted octanol–water partition coefficient (Wildman–Crippen LogP) is 4.22. The molecule has 0 spiro atoms. The van der Waals surface area contributed by atoms with Gasteiger partial charge in [0.1, 0.15) is 11.6 Å². The van der Waals surface area contributed by atoms with Crippen LogP contribution in [0.2, 0.25) is 0 Å². The van der Waals surface area contributed by atoms with Crippen molar-refractivity contribution in [2.75, 3.05) is 18.4 Å². The van der Waals surface area contributed by atoms with Gasteiger partial charge in [-0.2, -0.15) is 5.10 Å². The lowest BCUT2D eigenvalue weighted by Crippen LogP contribution is -2.35. The van der Waals surface area contributed by atoms with Gasteiger partial charge in [0.05, 0.1) is 18.7 Å². The van der Waals surface area contributed by atoms with Crippen LogP contribution in [0.25, 0.3) is 0 Å². The smallest absolute Gasteiger partial charge is 0.229 e. The molecule has 3 aromatic rings. The molecule has 1 aliphatic rings. The van der Waals surface area contributed by atoms with E-state index in [0.29, 0.717) is 12.2 Å². The molecule has 162 valence electrons. The standard InChI is InChI=1S/C25H30N4O2/c1-18-14-21(15-19(2)25(18)31)17-28-12-9-22(10-13-28)29-23(8-11-26-29)27-24(30)16-20-6-4-3-5-7-20/h3-8,11,14-15,22,31H,9-10,12-13,16-17H2,1-2H3,(H,27,30). The molecule has 1 saturated heterocycles. The summed E-state index contributed by atoms with van der Waals surface area (Å²) in [5.74, 6) is 1.13. The third kappa shape index (κ3) is 5.14. The van der Waals surface area contributed by atoms with Crippen molar-refractivity contribution in [2.45, 2.75) is 45.7 Å². The summed E-state index contributed by atoms with van der Waals surface area (Å²) in [5.41, 5.74) is 4.09. The van der Waals surface area contributed by atoms with Crippen LogP contribution in [0.15, 0.2) is 54.7 Å². The SMILES string of the molecule is Cc1cc(CN2CCC(n3nccc3NC(=O)Cc3ccccc3)CC2)cc(C)c1O. The normalized spacial score (nSPS) is 15.2. The van der Waals surface area contributed by atoms with Crippen molar-refractivity contribution in [3.8, 4) is 5.75 Å². The second-order valence-corrected chi connectivity index (χ2v) is 8.46. The summed E-state index contributed by atoms with van der Waals surface area (Å²) in [6, 6.07) is 16.1. The van der Waals surface area contributed by atoms with Gasteiger partial charge >= 0.3 is 0 Å². The average molecular weight is 419 g/mol. The molecule has 31 heavy (non-hydrogen) atoms. The number of hydrogen-bond acceptors (Lipinski definition) is 4. The van der Waals surface area contributed by atoms with E-state index in [1.807, 2.05) is 54.9 Å². The highest BCUT2D eigenvalue weighted by Crippen LogP contribution is 2.28. The monoisotopic (exact) mass is 418 g/mol. The van der Waals surface area contributed by atoms with Crippen molar-refractivity contribution >= 4 is 11.7 Å². The number of benzene rings is 2. The molecule has 1 aromatic heterocycles. The molecule has 2 heterocycles. The lowest BCUT2D eigenvalue weighted by Gasteiger charge is -2.33. The Morgan fingerprint density at radius 1 is 1.06 bits per heavy atom. The van der Waals surface area contributed by atoms with E-state index in [4.69, 9.17) is 0 Å². The highest BCUT2D eigenvalue weighted by Gasteiger charge is 2.23. The molecular weight excluding hydrogens is 388 g/mol. The quantitative estimate of drug-likeness (QED) is 0.629. The molecule has 0 radical (unpaired) electrons. The Morgan fingerprint density at radius 3 is 2.42 bits per heavy atom. The summed E-state index contributed by atoms with van der Waals surface area (Å²) in [6.07, 6.45) is 4.08. The van der Waals surface area contributed by atoms with E-state index in [-0.39, 0.29) is 11.9 Å². The molecule has 0 unspecified atom stereocenters. The van der Waals surface area contributed by atoms with Crippen LogP contribution in [-0.2, 0) is 17.8 Å². The lowest BCUT2D eigenvalue weighted by atomic mass is 10.0. The Kier molecular flexibility index (Phi) is 6.37. The highest BCUT2D eigenvalue weighted by molar-refractivity contribution is 5.91. The van der Waals surface area contributed by atoms with Crippen LogP contribution in [0.3, 0.4) is 0 Å². The summed E-state index contributed by atoms with van der Waals surface area (Å²) in [5, 5.41) is 17.5. The van der Waals surface area contributed by atoms with E-state index in [1.54, 1.807) is 6.20 Å². The van der Waals surface area contributed by atoms with Gasteiger partial charge in [0.25, 0.3) is 0 Å². The molecular formula is C25H30N4O2. The predicted molar refractivity (Wildman–Crippen MR) is 122 cm³/mol. The van der Waals surface area contributed by atoms with E-state index in [2.05, 4.69) is 27.4 Å². The molecule has 2 aromatic carbocycles. The number of carbonyl (C=O) groups is 1. The van der Waals surface area contributed by atoms with Crippen LogP contribution >= 0.6 is 0 Å². The van der Waals surface area contributed by atoms with Crippen LogP contribution in [0.5, 0.6) is 5.75 Å². The third-order valence-electron chi connectivity index (χ3n) is 6.01. The van der Waals surface area contributed by atoms with Crippen LogP contribution in [0.4, 0.5) is 5.82 Å². The molecule has 0 atom stereocenters. The summed E-state index contributed by atoms with van der Waals surface area (Å²) in [7, 11) is 0. The highest BCUT2D eigenvalue weighted by atomic mass is 16.3. The first-order valence-corrected chi connectivity index (χ1v) is 10.9. The first-order chi connectivity index (χ1) is 15.0. The van der Waals surface area contributed by atoms with Crippen molar-refractivity contribution in [3.05, 3.63) is 77.0 Å². The van der Waals surface area contributed by atoms with E-state index >= 15 is 0 Å². The zero-order valence-electron chi connectivity index (χ0n) is 18.2. The molecule has 0 bridgehead atoms. The molecule has 6 nitrogen and oxygen atoms in total. The van der Waals surface area contributed by atoms with Gasteiger partial charge in [-0.25, -0.2) is 4.68 Å². The molecule has 1 aliphatic heterocycles. The van der Waals surface area contributed by atoms with Gasteiger partial charge in [-0.05, 0) is 48.9 Å². The van der Waals surface area contributed by atoms with Gasteiger partial charge in [-0.1, -0.05) is 42.5 Å². The lowest BCUT2D eigenvalue weighted by molar-refractivity contribution is -0.115. The minimum atomic E-state index is -0.0246. The fourth-order valence-corrected chi connectivity index (χ4v) is 4.39. The Bertz CT molecular complexity index is 1010. The van der Waals surface area contributed by atoms with E-state index in [0.717, 1.165) is 55.0 Å². The fraction of sp³-hybridized carbons (Fsp3) is 0.360. The van der Waals surface area contributed by atoms with Gasteiger partial charge < -0.3 is 10.4 Å². The molecule has 2 N–H and O–H groups in total. The summed E-state index contributed by atoms with van der Waals surface area (Å²) >= 11 is 0. The van der Waals surface area contributed by atoms with Crippen LogP contribution in [-0.4, -0.2) is 38.8 Å². The van der Waals surface area contributed by atoms with E-state index < -0.39 is 0 Å². The number of likely N-dealkylation sites (tertiary alicyclic amines) is 1. The Hall–Kier alpha value is -3.12. The summed E-state index contributed by atoms with van der Waals surface area (Å²) in [4.78, 5) is 14.9. The van der Waals surface area contributed by atoms with Crippen molar-refractivity contribution in [1.82, 2.24) is 14.7 Å². The number of aromatic hydroxyl groups is 1. The van der Waals surface area contributed by atoms with E-state index in [1.165, 1.54) is 5.56 Å². The van der Waals surface area contributed by atoms with Gasteiger partial charge in [0.2, 0.25) is 5.91 Å². The number of amides is 1. The molecule has 0 aliphatic carbocycles. The van der Waals surface area contributed by atoms with Crippen molar-refractivity contribution < 1.29 is 9.90 Å². The first kappa shape index (κ1) is 21.1. The molecule has 6 heteroatoms. The number of phenols is 1. The number of aryl methyl sites for hydroxylation is 2. The average Bonchev–Trinajstić information content (AvgIpc) is 3.21. The fourth-order valence-electron chi connectivity index (χ4n) is 4.39. The minimum absolute atomic E-state index is 0.0246. The second-order valence-electron chi connectivity index (χ2n) is 8.46. The third-order valence-corrected chi connectivity index (χ3v) is 6.01. The molecule has 1 fully saturated rings. The van der Waals surface area contributed by atoms with Gasteiger partial charge in [0.15, 0.2) is 0 Å². The summed E-state index contributed by atoms with van der Waals surface area (Å²) < 4.78 is 1.97. The minimum Gasteiger partial charge on any atom is -0.507 e. The number of rotatable bonds is 6. The topological polar surface area (TPSA) is 70.4 Å². The summed E-state index contributed by atoms with van der Waals surface area (Å²) in [6.45, 7) is 6.73. The maximum absolute atomic E-state index is 12.5. The molecule has 1 amide bonds. The van der Waals surface area contributed by atoms with Gasteiger partial charge in [-0.3, -0.25) is 9.69 Å². The Morgan fingerprint density at radius 2 is 1.74 bits per heavy atom. The van der Waals surface area contributed by atoms with Crippen molar-refractivity contribution in [1.29, 1.82) is 0 Å². The number of piperidine rings is 1. The zero-order chi connectivity index (χ0) is 21.8. The number of phenolic OH excluding ortho intramolecular Hbond substituents is 1. The van der Waals surface area contributed by atoms with Gasteiger partial charge in [-0.15, -0.1) is 0 Å². The largest absolute Gasteiger partial charge is 0.507 e. The molecule has 0 saturated carbocycles. The van der Waals surface area contributed by atoms with Crippen LogP contribution in [0, 0.1) is 13.8 Å². The van der Waals surface area contributed by atoms with Gasteiger partial charge in [0, 0.05) is 25.7 Å². The number of anilines is 1. The zero-order valence-corrected chi connectivity index (χ0v) is 18.2. The molecule has 4 rings (SSSR count). The van der Waals surface area contributed by atoms with Crippen LogP contribution < -0.4 is 5.32 Å². The van der Waals surface area contributed by atoms with Crippen molar-refractivity contribution in [3.63, 3.8) is 0 Å². The Labute approximate surface area is 183 Å². The number of hydrogen-bond donors (Lipinski definition) is 2. The van der Waals surface area contributed by atoms with Crippen molar-refractivity contribution in [2.24, 2.45) is 0 Å². The Balaban J connectivity index is 1.33. The maximum Gasteiger partial charge on any atom is 0.229 e. The van der Waals surface area contributed by atoms with E-state index in [9.17, 15) is 9.90 Å². The number of carbonyl (C=O) groups excluding carboxylic acids is 1.